The summed E-state index contributed by atoms with van der Waals surface area (Å²) in [6.45, 7) is 9.36. The van der Waals surface area contributed by atoms with Crippen LogP contribution in [0.1, 0.15) is 67.7 Å². The van der Waals surface area contributed by atoms with E-state index in [-0.39, 0.29) is 17.6 Å². The van der Waals surface area contributed by atoms with Crippen molar-refractivity contribution in [2.45, 2.75) is 58.1 Å². The van der Waals surface area contributed by atoms with E-state index in [1.165, 1.54) is 10.4 Å². The maximum Gasteiger partial charge on any atom is 0.338 e. The lowest BCUT2D eigenvalue weighted by Gasteiger charge is -2.43. The number of rotatable bonds is 14. The van der Waals surface area contributed by atoms with E-state index in [0.29, 0.717) is 24.2 Å². The standard InChI is InChI=1S/C40H44O5Si/c1-32(20-19-30-43-38(41)33-21-9-5-10-22-33)37(45-39(42)34-23-11-6-12-24-34)29-17-18-31-44-46(40(2,3)4,35-25-13-7-14-26-35)36-27-15-8-16-28-36/h5-16,19,21-28,37H,17-18,29-31H2,1-4H3. The first-order chi connectivity index (χ1) is 22.2. The fourth-order valence-electron chi connectivity index (χ4n) is 5.62. The number of hydrogen-bond acceptors (Lipinski definition) is 5. The average Bonchev–Trinajstić information content (AvgIpc) is 3.08. The molecule has 0 N–H and O–H groups in total. The molecular weight excluding hydrogens is 589 g/mol. The molecule has 4 aromatic carbocycles. The molecule has 1 atom stereocenters. The van der Waals surface area contributed by atoms with Crippen LogP contribution in [0.25, 0.3) is 0 Å². The maximum absolute atomic E-state index is 13.0. The Bertz CT molecular complexity index is 1550. The smallest absolute Gasteiger partial charge is 0.338 e. The van der Waals surface area contributed by atoms with Gasteiger partial charge < -0.3 is 13.9 Å². The molecule has 0 aliphatic carbocycles. The van der Waals surface area contributed by atoms with Gasteiger partial charge in [0.1, 0.15) is 12.7 Å². The number of benzene rings is 4. The van der Waals surface area contributed by atoms with Crippen LogP contribution < -0.4 is 10.4 Å². The fraction of sp³-hybridized carbons (Fsp3) is 0.275. The van der Waals surface area contributed by atoms with Crippen LogP contribution in [0, 0.1) is 0 Å². The van der Waals surface area contributed by atoms with E-state index in [1.807, 2.05) is 43.3 Å². The van der Waals surface area contributed by atoms with E-state index in [4.69, 9.17) is 13.9 Å². The molecule has 0 amide bonds. The molecule has 5 nitrogen and oxygen atoms in total. The predicted octanol–water partition coefficient (Wildman–Crippen LogP) is 7.92. The lowest BCUT2D eigenvalue weighted by atomic mass is 10.1. The number of carbonyl (C=O) groups is 2. The monoisotopic (exact) mass is 632 g/mol. The summed E-state index contributed by atoms with van der Waals surface area (Å²) in [5.74, 6) is -0.782. The minimum Gasteiger partial charge on any atom is -0.457 e. The first-order valence-corrected chi connectivity index (χ1v) is 17.8. The molecule has 4 rings (SSSR count). The Morgan fingerprint density at radius 1 is 0.717 bits per heavy atom. The van der Waals surface area contributed by atoms with Crippen LogP contribution in [0.3, 0.4) is 0 Å². The third-order valence-corrected chi connectivity index (χ3v) is 13.0. The maximum atomic E-state index is 13.0. The van der Waals surface area contributed by atoms with Gasteiger partial charge in [-0.3, -0.25) is 0 Å². The first-order valence-electron chi connectivity index (χ1n) is 15.9. The molecular formula is C40H44O5Si. The SMILES string of the molecule is CC(=C=CCOC(=O)c1ccccc1)C(CCCCO[Si](c1ccccc1)(c1ccccc1)C(C)(C)C)OC(=O)c1ccccc1. The van der Waals surface area contributed by atoms with E-state index in [0.717, 1.165) is 18.4 Å². The van der Waals surface area contributed by atoms with Crippen molar-refractivity contribution in [2.24, 2.45) is 0 Å². The number of esters is 2. The van der Waals surface area contributed by atoms with Crippen molar-refractivity contribution in [1.82, 2.24) is 0 Å². The van der Waals surface area contributed by atoms with Crippen LogP contribution in [0.5, 0.6) is 0 Å². The zero-order valence-electron chi connectivity index (χ0n) is 27.3. The van der Waals surface area contributed by atoms with E-state index in [2.05, 4.69) is 75.0 Å². The fourth-order valence-corrected chi connectivity index (χ4v) is 10.2. The Labute approximate surface area is 274 Å². The third-order valence-electron chi connectivity index (χ3n) is 7.97. The van der Waals surface area contributed by atoms with Crippen LogP contribution >= 0.6 is 0 Å². The molecule has 46 heavy (non-hydrogen) atoms. The van der Waals surface area contributed by atoms with Crippen LogP contribution in [0.4, 0.5) is 0 Å². The zero-order valence-corrected chi connectivity index (χ0v) is 28.3. The molecule has 1 unspecified atom stereocenters. The molecule has 0 aliphatic rings. The highest BCUT2D eigenvalue weighted by atomic mass is 28.4. The highest BCUT2D eigenvalue weighted by Gasteiger charge is 2.49. The molecule has 0 saturated carbocycles. The van der Waals surface area contributed by atoms with Gasteiger partial charge in [0.2, 0.25) is 0 Å². The van der Waals surface area contributed by atoms with Gasteiger partial charge in [-0.2, -0.15) is 0 Å². The van der Waals surface area contributed by atoms with Gasteiger partial charge in [0.15, 0.2) is 0 Å². The van der Waals surface area contributed by atoms with Gasteiger partial charge in [-0.1, -0.05) is 118 Å². The van der Waals surface area contributed by atoms with Crippen LogP contribution in [0.2, 0.25) is 5.04 Å². The molecule has 0 aromatic heterocycles. The molecule has 6 heteroatoms. The lowest BCUT2D eigenvalue weighted by molar-refractivity contribution is 0.0352. The molecule has 0 spiro atoms. The zero-order chi connectivity index (χ0) is 32.8. The average molecular weight is 633 g/mol. The predicted molar refractivity (Wildman–Crippen MR) is 187 cm³/mol. The van der Waals surface area contributed by atoms with E-state index in [1.54, 1.807) is 42.5 Å². The van der Waals surface area contributed by atoms with Crippen molar-refractivity contribution in [2.75, 3.05) is 13.2 Å². The normalized spacial score (nSPS) is 12.0. The molecule has 0 fully saturated rings. The van der Waals surface area contributed by atoms with Crippen molar-refractivity contribution in [3.05, 3.63) is 150 Å². The van der Waals surface area contributed by atoms with Crippen molar-refractivity contribution < 1.29 is 23.5 Å². The second-order valence-electron chi connectivity index (χ2n) is 12.3. The Morgan fingerprint density at radius 3 is 1.70 bits per heavy atom. The summed E-state index contributed by atoms with van der Waals surface area (Å²) in [7, 11) is -2.62. The van der Waals surface area contributed by atoms with Gasteiger partial charge in [-0.25, -0.2) is 9.59 Å². The number of carbonyl (C=O) groups excluding carboxylic acids is 2. The highest BCUT2D eigenvalue weighted by molar-refractivity contribution is 6.99. The molecule has 0 saturated heterocycles. The Kier molecular flexibility index (Phi) is 12.5. The van der Waals surface area contributed by atoms with Gasteiger partial charge in [0.05, 0.1) is 11.1 Å². The van der Waals surface area contributed by atoms with Crippen molar-refractivity contribution >= 4 is 30.6 Å². The topological polar surface area (TPSA) is 61.8 Å². The number of ether oxygens (including phenoxy) is 2. The lowest BCUT2D eigenvalue weighted by Crippen LogP contribution is -2.66. The summed E-state index contributed by atoms with van der Waals surface area (Å²) in [6.07, 6.45) is 3.37. The first kappa shape index (κ1) is 34.4. The second kappa shape index (κ2) is 16.7. The molecule has 4 aromatic rings. The summed E-state index contributed by atoms with van der Waals surface area (Å²) in [4.78, 5) is 25.3. The summed E-state index contributed by atoms with van der Waals surface area (Å²) in [5, 5.41) is 2.40. The summed E-state index contributed by atoms with van der Waals surface area (Å²) < 4.78 is 18.4. The van der Waals surface area contributed by atoms with Gasteiger partial charge >= 0.3 is 11.9 Å². The molecule has 0 aliphatic heterocycles. The van der Waals surface area contributed by atoms with Crippen molar-refractivity contribution in [1.29, 1.82) is 0 Å². The molecule has 0 heterocycles. The van der Waals surface area contributed by atoms with E-state index >= 15 is 0 Å². The van der Waals surface area contributed by atoms with Crippen molar-refractivity contribution in [3.8, 4) is 0 Å². The second-order valence-corrected chi connectivity index (χ2v) is 16.6. The van der Waals surface area contributed by atoms with Crippen LogP contribution in [-0.4, -0.2) is 39.6 Å². The van der Waals surface area contributed by atoms with E-state index in [9.17, 15) is 9.59 Å². The third kappa shape index (κ3) is 9.04. The van der Waals surface area contributed by atoms with Crippen LogP contribution in [-0.2, 0) is 13.9 Å². The molecule has 0 radical (unpaired) electrons. The van der Waals surface area contributed by atoms with Gasteiger partial charge in [0, 0.05) is 12.2 Å². The summed E-state index contributed by atoms with van der Waals surface area (Å²) >= 11 is 0. The minimum atomic E-state index is -2.62. The molecule has 0 bridgehead atoms. The van der Waals surface area contributed by atoms with Gasteiger partial charge in [-0.05, 0) is 71.9 Å². The van der Waals surface area contributed by atoms with E-state index < -0.39 is 20.4 Å². The molecule has 238 valence electrons. The quantitative estimate of drug-likeness (QED) is 0.0612. The van der Waals surface area contributed by atoms with Gasteiger partial charge in [0.25, 0.3) is 8.32 Å². The Morgan fingerprint density at radius 2 is 1.20 bits per heavy atom. The largest absolute Gasteiger partial charge is 0.457 e. The summed E-state index contributed by atoms with van der Waals surface area (Å²) in [5.41, 5.74) is 4.93. The van der Waals surface area contributed by atoms with Crippen LogP contribution in [0.15, 0.2) is 139 Å². The number of hydrogen-bond donors (Lipinski definition) is 0. The minimum absolute atomic E-state index is 0.0662. The van der Waals surface area contributed by atoms with Crippen molar-refractivity contribution in [3.63, 3.8) is 0 Å². The highest BCUT2D eigenvalue weighted by Crippen LogP contribution is 2.37. The Balaban J connectivity index is 1.45. The van der Waals surface area contributed by atoms with Gasteiger partial charge in [-0.15, -0.1) is 5.73 Å². The Hall–Kier alpha value is -4.48. The number of unbranched alkanes of at least 4 members (excludes halogenated alkanes) is 1. The summed E-state index contributed by atoms with van der Waals surface area (Å²) in [6, 6.07) is 39.1.